The van der Waals surface area contributed by atoms with Crippen LogP contribution in [0.4, 0.5) is 4.79 Å². The second-order valence-electron chi connectivity index (χ2n) is 2.90. The van der Waals surface area contributed by atoms with Crippen LogP contribution >= 0.6 is 0 Å². The summed E-state index contributed by atoms with van der Waals surface area (Å²) >= 11 is 0. The van der Waals surface area contributed by atoms with E-state index in [9.17, 15) is 4.79 Å². The third-order valence-electron chi connectivity index (χ3n) is 1.65. The summed E-state index contributed by atoms with van der Waals surface area (Å²) in [5, 5.41) is 5.46. The lowest BCUT2D eigenvalue weighted by Gasteiger charge is -2.21. The van der Waals surface area contributed by atoms with E-state index in [-0.39, 0.29) is 12.1 Å². The fourth-order valence-electron chi connectivity index (χ4n) is 0.944. The molecule has 0 aromatic heterocycles. The Labute approximate surface area is 66.5 Å². The molecular weight excluding hydrogens is 142 g/mol. The van der Waals surface area contributed by atoms with E-state index in [1.54, 1.807) is 20.3 Å². The number of nitrogens with zero attached hydrogens (tertiary/aromatic N) is 3. The van der Waals surface area contributed by atoms with Crippen molar-refractivity contribution in [2.75, 3.05) is 14.1 Å². The second-order valence-corrected chi connectivity index (χ2v) is 2.90. The maximum atomic E-state index is 11.3. The molecule has 1 rings (SSSR count). The third kappa shape index (κ3) is 1.50. The monoisotopic (exact) mass is 155 g/mol. The van der Waals surface area contributed by atoms with Gasteiger partial charge in [-0.15, -0.1) is 0 Å². The van der Waals surface area contributed by atoms with Crippen molar-refractivity contribution in [2.24, 2.45) is 5.10 Å². The topological polar surface area (TPSA) is 35.9 Å². The normalized spacial score (nSPS) is 22.5. The Balaban J connectivity index is 2.60. The molecule has 0 aromatic rings. The minimum Gasteiger partial charge on any atom is -0.329 e. The Bertz CT molecular complexity index is 188. The predicted molar refractivity (Wildman–Crippen MR) is 43.5 cm³/mol. The summed E-state index contributed by atoms with van der Waals surface area (Å²) in [5.41, 5.74) is 0. The fourth-order valence-corrected chi connectivity index (χ4v) is 0.944. The number of hydrazone groups is 1. The summed E-state index contributed by atoms with van der Waals surface area (Å²) in [6.07, 6.45) is 2.63. The van der Waals surface area contributed by atoms with Crippen LogP contribution in [0.15, 0.2) is 5.10 Å². The van der Waals surface area contributed by atoms with Crippen LogP contribution in [0.25, 0.3) is 0 Å². The zero-order valence-corrected chi connectivity index (χ0v) is 7.11. The number of amides is 2. The molecule has 1 atom stereocenters. The summed E-state index contributed by atoms with van der Waals surface area (Å²) in [5.74, 6) is 0. The van der Waals surface area contributed by atoms with Gasteiger partial charge in [-0.2, -0.15) is 5.10 Å². The van der Waals surface area contributed by atoms with Gasteiger partial charge in [0.1, 0.15) is 0 Å². The maximum Gasteiger partial charge on any atom is 0.340 e. The molecule has 0 spiro atoms. The molecule has 0 aromatic carbocycles. The van der Waals surface area contributed by atoms with Gasteiger partial charge < -0.3 is 4.90 Å². The van der Waals surface area contributed by atoms with Gasteiger partial charge in [-0.25, -0.2) is 9.80 Å². The molecular formula is C7H13N3O. The van der Waals surface area contributed by atoms with Gasteiger partial charge in [-0.3, -0.25) is 0 Å². The Morgan fingerprint density at radius 1 is 1.73 bits per heavy atom. The SMILES string of the molecule is CC1CC=NN1C(=O)N(C)C. The Morgan fingerprint density at radius 3 is 2.73 bits per heavy atom. The maximum absolute atomic E-state index is 11.3. The van der Waals surface area contributed by atoms with Gasteiger partial charge in [0.2, 0.25) is 0 Å². The summed E-state index contributed by atoms with van der Waals surface area (Å²) in [4.78, 5) is 12.8. The van der Waals surface area contributed by atoms with E-state index in [0.717, 1.165) is 6.42 Å². The highest BCUT2D eigenvalue weighted by molar-refractivity contribution is 5.77. The molecule has 4 heteroatoms. The van der Waals surface area contributed by atoms with E-state index in [4.69, 9.17) is 0 Å². The van der Waals surface area contributed by atoms with E-state index < -0.39 is 0 Å². The molecule has 0 aliphatic carbocycles. The molecule has 11 heavy (non-hydrogen) atoms. The van der Waals surface area contributed by atoms with E-state index in [1.165, 1.54) is 9.91 Å². The van der Waals surface area contributed by atoms with Crippen molar-refractivity contribution in [1.82, 2.24) is 9.91 Å². The van der Waals surface area contributed by atoms with E-state index in [1.807, 2.05) is 6.92 Å². The smallest absolute Gasteiger partial charge is 0.329 e. The largest absolute Gasteiger partial charge is 0.340 e. The molecule has 2 amide bonds. The van der Waals surface area contributed by atoms with Crippen LogP contribution in [0.3, 0.4) is 0 Å². The molecule has 4 nitrogen and oxygen atoms in total. The van der Waals surface area contributed by atoms with E-state index in [0.29, 0.717) is 0 Å². The van der Waals surface area contributed by atoms with Gasteiger partial charge in [-0.1, -0.05) is 0 Å². The van der Waals surface area contributed by atoms with Crippen LogP contribution in [-0.2, 0) is 0 Å². The lowest BCUT2D eigenvalue weighted by molar-refractivity contribution is 0.163. The van der Waals surface area contributed by atoms with Gasteiger partial charge in [0.25, 0.3) is 0 Å². The van der Waals surface area contributed by atoms with Crippen molar-refractivity contribution in [3.05, 3.63) is 0 Å². The van der Waals surface area contributed by atoms with Crippen molar-refractivity contribution in [1.29, 1.82) is 0 Å². The molecule has 1 aliphatic heterocycles. The average Bonchev–Trinajstić information content (AvgIpc) is 2.33. The predicted octanol–water partition coefficient (Wildman–Crippen LogP) is 0.748. The third-order valence-corrected chi connectivity index (χ3v) is 1.65. The summed E-state index contributed by atoms with van der Waals surface area (Å²) in [6.45, 7) is 1.98. The number of hydrogen-bond donors (Lipinski definition) is 0. The van der Waals surface area contributed by atoms with Gasteiger partial charge in [0.05, 0.1) is 6.04 Å². The number of carbonyl (C=O) groups is 1. The lowest BCUT2D eigenvalue weighted by atomic mass is 10.3. The molecule has 0 N–H and O–H groups in total. The fraction of sp³-hybridized carbons (Fsp3) is 0.714. The molecule has 0 saturated carbocycles. The average molecular weight is 155 g/mol. The minimum atomic E-state index is -0.0498. The van der Waals surface area contributed by atoms with Crippen LogP contribution in [0.2, 0.25) is 0 Å². The highest BCUT2D eigenvalue weighted by Crippen LogP contribution is 2.11. The van der Waals surface area contributed by atoms with Crippen molar-refractivity contribution in [2.45, 2.75) is 19.4 Å². The molecule has 62 valence electrons. The Hall–Kier alpha value is -1.06. The second kappa shape index (κ2) is 2.90. The first-order valence-electron chi connectivity index (χ1n) is 3.66. The standard InChI is InChI=1S/C7H13N3O/c1-6-4-5-8-10(6)7(11)9(2)3/h5-6H,4H2,1-3H3. The van der Waals surface area contributed by atoms with E-state index in [2.05, 4.69) is 5.10 Å². The van der Waals surface area contributed by atoms with Crippen LogP contribution < -0.4 is 0 Å². The van der Waals surface area contributed by atoms with Gasteiger partial charge >= 0.3 is 6.03 Å². The number of urea groups is 1. The Kier molecular flexibility index (Phi) is 2.12. The van der Waals surface area contributed by atoms with Gasteiger partial charge in [0, 0.05) is 26.7 Å². The van der Waals surface area contributed by atoms with Gasteiger partial charge in [0.15, 0.2) is 0 Å². The van der Waals surface area contributed by atoms with Crippen LogP contribution in [0.5, 0.6) is 0 Å². The van der Waals surface area contributed by atoms with Gasteiger partial charge in [-0.05, 0) is 6.92 Å². The van der Waals surface area contributed by atoms with Crippen molar-refractivity contribution in [3.63, 3.8) is 0 Å². The van der Waals surface area contributed by atoms with Crippen LogP contribution in [-0.4, -0.2) is 42.3 Å². The first-order valence-corrected chi connectivity index (χ1v) is 3.66. The molecule has 1 unspecified atom stereocenters. The Morgan fingerprint density at radius 2 is 2.36 bits per heavy atom. The molecule has 0 saturated heterocycles. The summed E-state index contributed by atoms with van der Waals surface area (Å²) in [7, 11) is 3.45. The zero-order chi connectivity index (χ0) is 8.43. The quantitative estimate of drug-likeness (QED) is 0.508. The minimum absolute atomic E-state index is 0.0498. The summed E-state index contributed by atoms with van der Waals surface area (Å²) in [6, 6.07) is 0.163. The molecule has 1 heterocycles. The van der Waals surface area contributed by atoms with E-state index >= 15 is 0 Å². The summed E-state index contributed by atoms with van der Waals surface area (Å²) < 4.78 is 0. The first kappa shape index (κ1) is 8.04. The van der Waals surface area contributed by atoms with Crippen LogP contribution in [0.1, 0.15) is 13.3 Å². The van der Waals surface area contributed by atoms with Crippen LogP contribution in [0, 0.1) is 0 Å². The molecule has 0 fully saturated rings. The molecule has 0 radical (unpaired) electrons. The molecule has 1 aliphatic rings. The van der Waals surface area contributed by atoms with Crippen molar-refractivity contribution >= 4 is 12.2 Å². The zero-order valence-electron chi connectivity index (χ0n) is 7.11. The first-order chi connectivity index (χ1) is 5.13. The van der Waals surface area contributed by atoms with Crippen molar-refractivity contribution in [3.8, 4) is 0 Å². The molecule has 0 bridgehead atoms. The highest BCUT2D eigenvalue weighted by Gasteiger charge is 2.23. The number of hydrogen-bond acceptors (Lipinski definition) is 2. The number of carbonyl (C=O) groups excluding carboxylic acids is 1. The lowest BCUT2D eigenvalue weighted by Crippen LogP contribution is -2.38. The van der Waals surface area contributed by atoms with Crippen molar-refractivity contribution < 1.29 is 4.79 Å². The highest BCUT2D eigenvalue weighted by atomic mass is 16.2. The number of rotatable bonds is 0.